The van der Waals surface area contributed by atoms with Crippen molar-refractivity contribution in [1.29, 1.82) is 0 Å². The molecule has 0 saturated carbocycles. The number of thiophene rings is 1. The van der Waals surface area contributed by atoms with Crippen molar-refractivity contribution >= 4 is 33.8 Å². The Labute approximate surface area is 122 Å². The molecule has 3 nitrogen and oxygen atoms in total. The average Bonchev–Trinajstić information content (AvgIpc) is 2.84. The molecule has 104 valence electrons. The first-order valence-corrected chi connectivity index (χ1v) is 8.19. The molecule has 0 aliphatic carbocycles. The Morgan fingerprint density at radius 1 is 1.37 bits per heavy atom. The summed E-state index contributed by atoms with van der Waals surface area (Å²) in [5.41, 5.74) is 0.0644. The van der Waals surface area contributed by atoms with Crippen LogP contribution in [0.5, 0.6) is 0 Å². The summed E-state index contributed by atoms with van der Waals surface area (Å²) in [5, 5.41) is 2.69. The van der Waals surface area contributed by atoms with Gasteiger partial charge in [-0.2, -0.15) is 0 Å². The number of nitrogens with zero attached hydrogens (tertiary/aromatic N) is 1. The maximum absolute atomic E-state index is 12.6. The Bertz CT molecular complexity index is 653. The molecule has 0 bridgehead atoms. The van der Waals surface area contributed by atoms with Gasteiger partial charge < -0.3 is 4.98 Å². The number of rotatable bonds is 6. The van der Waals surface area contributed by atoms with Crippen LogP contribution in [-0.4, -0.2) is 9.55 Å². The summed E-state index contributed by atoms with van der Waals surface area (Å²) >= 11 is 6.92. The van der Waals surface area contributed by atoms with Crippen LogP contribution in [0.25, 0.3) is 10.2 Å². The molecule has 2 aromatic heterocycles. The van der Waals surface area contributed by atoms with E-state index in [2.05, 4.69) is 18.8 Å². The zero-order valence-electron chi connectivity index (χ0n) is 11.4. The molecule has 2 heterocycles. The fourth-order valence-electron chi connectivity index (χ4n) is 2.46. The van der Waals surface area contributed by atoms with Gasteiger partial charge in [-0.25, -0.2) is 0 Å². The van der Waals surface area contributed by atoms with E-state index in [9.17, 15) is 4.79 Å². The lowest BCUT2D eigenvalue weighted by Crippen LogP contribution is -2.26. The van der Waals surface area contributed by atoms with Crippen molar-refractivity contribution in [3.63, 3.8) is 0 Å². The van der Waals surface area contributed by atoms with Crippen molar-refractivity contribution < 1.29 is 0 Å². The Morgan fingerprint density at radius 2 is 2.16 bits per heavy atom. The normalized spacial score (nSPS) is 12.9. The predicted octanol–water partition coefficient (Wildman–Crippen LogP) is 4.65. The molecule has 1 atom stereocenters. The van der Waals surface area contributed by atoms with Gasteiger partial charge in [0.25, 0.3) is 5.56 Å². The van der Waals surface area contributed by atoms with Gasteiger partial charge in [-0.05, 0) is 36.5 Å². The minimum atomic E-state index is 0.0644. The fourth-order valence-corrected chi connectivity index (χ4v) is 3.64. The highest BCUT2D eigenvalue weighted by molar-refractivity contribution is 7.71. The first-order valence-electron chi connectivity index (χ1n) is 6.91. The largest absolute Gasteiger partial charge is 0.323 e. The zero-order chi connectivity index (χ0) is 13.8. The van der Waals surface area contributed by atoms with E-state index in [4.69, 9.17) is 12.2 Å². The second-order valence-electron chi connectivity index (χ2n) is 4.85. The van der Waals surface area contributed by atoms with Gasteiger partial charge in [0.2, 0.25) is 0 Å². The summed E-state index contributed by atoms with van der Waals surface area (Å²) in [7, 11) is 0. The summed E-state index contributed by atoms with van der Waals surface area (Å²) in [5.74, 6) is 0. The number of hydrogen-bond acceptors (Lipinski definition) is 3. The van der Waals surface area contributed by atoms with E-state index < -0.39 is 0 Å². The van der Waals surface area contributed by atoms with E-state index in [1.54, 1.807) is 4.57 Å². The number of hydrogen-bond donors (Lipinski definition) is 1. The molecule has 0 saturated heterocycles. The lowest BCUT2D eigenvalue weighted by Gasteiger charge is -2.19. The fraction of sp³-hybridized carbons (Fsp3) is 0.571. The molecule has 0 radical (unpaired) electrons. The van der Waals surface area contributed by atoms with Crippen LogP contribution < -0.4 is 5.56 Å². The van der Waals surface area contributed by atoms with Gasteiger partial charge in [0.05, 0.1) is 5.39 Å². The standard InChI is InChI=1S/C14H20N2OS2/c1-3-5-7-10(6-4-2)16-13(17)11-8-9-19-12(11)15-14(16)18/h8-10H,3-7H2,1-2H3,(H,15,18). The molecule has 0 spiro atoms. The van der Waals surface area contributed by atoms with E-state index in [1.165, 1.54) is 11.3 Å². The SMILES string of the molecule is CCCCC(CCC)n1c(=S)[nH]c2sccc2c1=O. The molecule has 1 N–H and O–H groups in total. The van der Waals surface area contributed by atoms with Gasteiger partial charge >= 0.3 is 0 Å². The number of unbranched alkanes of at least 4 members (excludes halogenated alkanes) is 1. The third-order valence-corrected chi connectivity index (χ3v) is 4.56. The molecular weight excluding hydrogens is 276 g/mol. The molecule has 19 heavy (non-hydrogen) atoms. The Morgan fingerprint density at radius 3 is 2.84 bits per heavy atom. The van der Waals surface area contributed by atoms with Crippen LogP contribution in [-0.2, 0) is 0 Å². The Kier molecular flexibility index (Phi) is 4.93. The molecule has 0 aromatic carbocycles. The lowest BCUT2D eigenvalue weighted by atomic mass is 10.0. The van der Waals surface area contributed by atoms with Crippen LogP contribution in [0, 0.1) is 4.77 Å². The summed E-state index contributed by atoms with van der Waals surface area (Å²) in [6, 6.07) is 2.11. The number of H-pyrrole nitrogens is 1. The molecule has 5 heteroatoms. The van der Waals surface area contributed by atoms with Crippen LogP contribution >= 0.6 is 23.6 Å². The van der Waals surface area contributed by atoms with Crippen LogP contribution in [0.3, 0.4) is 0 Å². The van der Waals surface area contributed by atoms with E-state index in [-0.39, 0.29) is 11.6 Å². The first-order chi connectivity index (χ1) is 9.19. The number of aromatic nitrogens is 2. The van der Waals surface area contributed by atoms with Crippen LogP contribution in [0.1, 0.15) is 52.0 Å². The summed E-state index contributed by atoms with van der Waals surface area (Å²) in [4.78, 5) is 16.6. The van der Waals surface area contributed by atoms with Gasteiger partial charge in [0.15, 0.2) is 4.77 Å². The molecule has 0 amide bonds. The topological polar surface area (TPSA) is 37.8 Å². The molecule has 0 fully saturated rings. The highest BCUT2D eigenvalue weighted by atomic mass is 32.1. The van der Waals surface area contributed by atoms with E-state index in [0.717, 1.165) is 42.3 Å². The van der Waals surface area contributed by atoms with Crippen LogP contribution in [0.2, 0.25) is 0 Å². The monoisotopic (exact) mass is 296 g/mol. The third-order valence-electron chi connectivity index (χ3n) is 3.43. The molecule has 0 aliphatic rings. The number of aromatic amines is 1. The van der Waals surface area contributed by atoms with E-state index in [0.29, 0.717) is 4.77 Å². The first kappa shape index (κ1) is 14.5. The van der Waals surface area contributed by atoms with Crippen LogP contribution in [0.4, 0.5) is 0 Å². The molecule has 1 unspecified atom stereocenters. The van der Waals surface area contributed by atoms with Gasteiger partial charge in [0.1, 0.15) is 4.83 Å². The average molecular weight is 296 g/mol. The van der Waals surface area contributed by atoms with Crippen molar-refractivity contribution in [3.05, 3.63) is 26.6 Å². The predicted molar refractivity (Wildman–Crippen MR) is 84.7 cm³/mol. The quantitative estimate of drug-likeness (QED) is 0.788. The van der Waals surface area contributed by atoms with Crippen molar-refractivity contribution in [2.24, 2.45) is 0 Å². The van der Waals surface area contributed by atoms with Crippen LogP contribution in [0.15, 0.2) is 16.2 Å². The maximum atomic E-state index is 12.6. The molecular formula is C14H20N2OS2. The number of nitrogens with one attached hydrogen (secondary N) is 1. The summed E-state index contributed by atoms with van der Waals surface area (Å²) in [6.07, 6.45) is 5.38. The highest BCUT2D eigenvalue weighted by Crippen LogP contribution is 2.22. The van der Waals surface area contributed by atoms with Crippen molar-refractivity contribution in [2.75, 3.05) is 0 Å². The number of fused-ring (bicyclic) bond motifs is 1. The van der Waals surface area contributed by atoms with Crippen molar-refractivity contribution in [3.8, 4) is 0 Å². The smallest absolute Gasteiger partial charge is 0.263 e. The van der Waals surface area contributed by atoms with Gasteiger partial charge in [-0.15, -0.1) is 11.3 Å². The third kappa shape index (κ3) is 2.98. The zero-order valence-corrected chi connectivity index (χ0v) is 13.1. The van der Waals surface area contributed by atoms with Crippen molar-refractivity contribution in [2.45, 2.75) is 52.0 Å². The second kappa shape index (κ2) is 6.48. The van der Waals surface area contributed by atoms with E-state index in [1.807, 2.05) is 11.4 Å². The Hall–Kier alpha value is -0.940. The highest BCUT2D eigenvalue weighted by Gasteiger charge is 2.15. The Balaban J connectivity index is 2.51. The van der Waals surface area contributed by atoms with Gasteiger partial charge in [0, 0.05) is 6.04 Å². The van der Waals surface area contributed by atoms with Crippen molar-refractivity contribution in [1.82, 2.24) is 9.55 Å². The molecule has 2 aromatic rings. The van der Waals surface area contributed by atoms with E-state index >= 15 is 0 Å². The van der Waals surface area contributed by atoms with Gasteiger partial charge in [-0.3, -0.25) is 9.36 Å². The lowest BCUT2D eigenvalue weighted by molar-refractivity contribution is 0.401. The maximum Gasteiger partial charge on any atom is 0.263 e. The molecule has 2 rings (SSSR count). The summed E-state index contributed by atoms with van der Waals surface area (Å²) < 4.78 is 2.36. The van der Waals surface area contributed by atoms with Gasteiger partial charge in [-0.1, -0.05) is 33.1 Å². The summed E-state index contributed by atoms with van der Waals surface area (Å²) in [6.45, 7) is 4.33. The molecule has 0 aliphatic heterocycles. The minimum absolute atomic E-state index is 0.0644. The minimum Gasteiger partial charge on any atom is -0.323 e. The second-order valence-corrected chi connectivity index (χ2v) is 6.16.